The van der Waals surface area contributed by atoms with Gasteiger partial charge in [-0.1, -0.05) is 35.9 Å². The van der Waals surface area contributed by atoms with Crippen LogP contribution in [0, 0.1) is 0 Å². The maximum absolute atomic E-state index is 11.5. The van der Waals surface area contributed by atoms with E-state index in [2.05, 4.69) is 32.2 Å². The van der Waals surface area contributed by atoms with E-state index in [-0.39, 0.29) is 11.7 Å². The lowest BCUT2D eigenvalue weighted by molar-refractivity contribution is -0.111. The maximum atomic E-state index is 11.5. The highest BCUT2D eigenvalue weighted by atomic mass is 32.2. The Balaban J connectivity index is 1.54. The Labute approximate surface area is 192 Å². The highest BCUT2D eigenvalue weighted by Crippen LogP contribution is 2.31. The van der Waals surface area contributed by atoms with Crippen LogP contribution < -0.4 is 15.4 Å². The molecule has 0 fully saturated rings. The highest BCUT2D eigenvalue weighted by Gasteiger charge is 2.12. The van der Waals surface area contributed by atoms with Crippen molar-refractivity contribution in [3.63, 3.8) is 0 Å². The molecule has 10 heteroatoms. The van der Waals surface area contributed by atoms with Crippen molar-refractivity contribution < 1.29 is 18.3 Å². The average Bonchev–Trinajstić information content (AvgIpc) is 3.25. The summed E-state index contributed by atoms with van der Waals surface area (Å²) in [6.07, 6.45) is 2.61. The zero-order chi connectivity index (χ0) is 23.2. The van der Waals surface area contributed by atoms with Crippen molar-refractivity contribution >= 4 is 39.4 Å². The number of amides is 1. The third kappa shape index (κ3) is 5.62. The molecular formula is C23H20N5O4S-. The van der Waals surface area contributed by atoms with E-state index in [1.807, 2.05) is 30.3 Å². The minimum Gasteiger partial charge on any atom is -0.772 e. The Hall–Kier alpha value is -4.02. The van der Waals surface area contributed by atoms with Crippen LogP contribution in [0.3, 0.4) is 0 Å². The van der Waals surface area contributed by atoms with Crippen LogP contribution in [0.2, 0.25) is 0 Å². The van der Waals surface area contributed by atoms with Gasteiger partial charge < -0.3 is 24.9 Å². The number of nitrogens with one attached hydrogen (secondary N) is 3. The number of H-pyrrole nitrogens is 1. The molecule has 4 rings (SSSR count). The summed E-state index contributed by atoms with van der Waals surface area (Å²) in [4.78, 5) is 23.3. The number of rotatable bonds is 9. The number of ether oxygens (including phenoxy) is 1. The van der Waals surface area contributed by atoms with Crippen LogP contribution in [-0.4, -0.2) is 41.9 Å². The lowest BCUT2D eigenvalue weighted by Crippen LogP contribution is -2.09. The monoisotopic (exact) mass is 462 g/mol. The van der Waals surface area contributed by atoms with Crippen molar-refractivity contribution in [3.8, 4) is 22.9 Å². The van der Waals surface area contributed by atoms with Gasteiger partial charge in [-0.25, -0.2) is 9.97 Å². The maximum Gasteiger partial charge on any atom is 0.247 e. The van der Waals surface area contributed by atoms with E-state index in [9.17, 15) is 13.6 Å². The van der Waals surface area contributed by atoms with Gasteiger partial charge in [0.25, 0.3) is 0 Å². The Morgan fingerprint density at radius 1 is 1.15 bits per heavy atom. The first-order valence-corrected chi connectivity index (χ1v) is 11.2. The van der Waals surface area contributed by atoms with Crippen LogP contribution in [0.5, 0.6) is 11.6 Å². The molecule has 0 saturated heterocycles. The van der Waals surface area contributed by atoms with E-state index in [0.29, 0.717) is 34.9 Å². The van der Waals surface area contributed by atoms with Gasteiger partial charge in [0, 0.05) is 35.4 Å². The molecule has 1 amide bonds. The number of hydrogen-bond donors (Lipinski definition) is 3. The standard InChI is InChI=1S/C23H21N5O4S/c1-2-21(29)27-17-4-3-5-18(12-17)32-23-19-13-20(28-22(19)25-14-26-23)15-6-8-16(9-7-15)24-10-11-33(30)31/h2-9,12-14,24H,1,10-11H2,(H,27,29)(H,30,31)(H,25,26,28)/p-1. The summed E-state index contributed by atoms with van der Waals surface area (Å²) < 4.78 is 27.3. The van der Waals surface area contributed by atoms with Gasteiger partial charge in [0.15, 0.2) is 0 Å². The van der Waals surface area contributed by atoms with Gasteiger partial charge in [-0.3, -0.25) is 9.00 Å². The number of nitrogens with zero attached hydrogens (tertiary/aromatic N) is 2. The van der Waals surface area contributed by atoms with Gasteiger partial charge in [-0.05, 0) is 42.0 Å². The van der Waals surface area contributed by atoms with Gasteiger partial charge in [-0.15, -0.1) is 0 Å². The third-order valence-corrected chi connectivity index (χ3v) is 5.22. The van der Waals surface area contributed by atoms with Crippen LogP contribution >= 0.6 is 0 Å². The molecular weight excluding hydrogens is 442 g/mol. The second-order valence-corrected chi connectivity index (χ2v) is 7.98. The molecule has 0 aliphatic rings. The fourth-order valence-electron chi connectivity index (χ4n) is 3.14. The zero-order valence-electron chi connectivity index (χ0n) is 17.4. The van der Waals surface area contributed by atoms with E-state index in [0.717, 1.165) is 16.9 Å². The molecule has 0 saturated carbocycles. The minimum atomic E-state index is -2.07. The molecule has 2 aromatic carbocycles. The van der Waals surface area contributed by atoms with E-state index >= 15 is 0 Å². The fraction of sp³-hybridized carbons (Fsp3) is 0.0870. The van der Waals surface area contributed by atoms with Crippen LogP contribution in [0.15, 0.2) is 73.6 Å². The smallest absolute Gasteiger partial charge is 0.247 e. The van der Waals surface area contributed by atoms with Gasteiger partial charge in [0.1, 0.15) is 17.7 Å². The summed E-state index contributed by atoms with van der Waals surface area (Å²) in [5.74, 6) is 0.621. The lowest BCUT2D eigenvalue weighted by Gasteiger charge is -2.08. The van der Waals surface area contributed by atoms with Crippen LogP contribution in [0.1, 0.15) is 0 Å². The molecule has 0 aliphatic carbocycles. The third-order valence-electron chi connectivity index (χ3n) is 4.68. The van der Waals surface area contributed by atoms with Crippen molar-refractivity contribution in [2.75, 3.05) is 22.9 Å². The van der Waals surface area contributed by atoms with Crippen molar-refractivity contribution in [1.29, 1.82) is 0 Å². The highest BCUT2D eigenvalue weighted by molar-refractivity contribution is 7.79. The Morgan fingerprint density at radius 2 is 1.97 bits per heavy atom. The number of benzene rings is 2. The predicted molar refractivity (Wildman–Crippen MR) is 127 cm³/mol. The molecule has 9 nitrogen and oxygen atoms in total. The first-order chi connectivity index (χ1) is 16.0. The summed E-state index contributed by atoms with van der Waals surface area (Å²) in [6, 6.07) is 16.5. The van der Waals surface area contributed by atoms with Gasteiger partial charge in [0.05, 0.1) is 5.39 Å². The minimum absolute atomic E-state index is 0.0503. The van der Waals surface area contributed by atoms with Crippen LogP contribution in [0.4, 0.5) is 11.4 Å². The Morgan fingerprint density at radius 3 is 2.73 bits per heavy atom. The van der Waals surface area contributed by atoms with Gasteiger partial charge in [-0.2, -0.15) is 0 Å². The normalized spacial score (nSPS) is 11.7. The number of aromatic amines is 1. The second-order valence-electron chi connectivity index (χ2n) is 6.96. The van der Waals surface area contributed by atoms with Crippen molar-refractivity contribution in [3.05, 3.63) is 73.6 Å². The number of aromatic nitrogens is 3. The van der Waals surface area contributed by atoms with Gasteiger partial charge >= 0.3 is 0 Å². The lowest BCUT2D eigenvalue weighted by atomic mass is 10.1. The topological polar surface area (TPSA) is 132 Å². The van der Waals surface area contributed by atoms with E-state index < -0.39 is 11.1 Å². The molecule has 4 aromatic rings. The number of hydrogen-bond acceptors (Lipinski definition) is 7. The van der Waals surface area contributed by atoms with E-state index in [1.54, 1.807) is 24.3 Å². The number of anilines is 2. The zero-order valence-corrected chi connectivity index (χ0v) is 18.2. The number of carbonyl (C=O) groups excluding carboxylic acids is 1. The molecule has 0 radical (unpaired) electrons. The summed E-state index contributed by atoms with van der Waals surface area (Å²) in [6.45, 7) is 3.79. The summed E-state index contributed by atoms with van der Waals surface area (Å²) in [7, 11) is 0. The summed E-state index contributed by atoms with van der Waals surface area (Å²) in [5.41, 5.74) is 3.77. The van der Waals surface area contributed by atoms with E-state index in [4.69, 9.17) is 4.74 Å². The molecule has 0 aliphatic heterocycles. The van der Waals surface area contributed by atoms with E-state index in [1.165, 1.54) is 12.4 Å². The second kappa shape index (κ2) is 10.1. The Kier molecular flexibility index (Phi) is 6.77. The molecule has 0 spiro atoms. The molecule has 2 aromatic heterocycles. The molecule has 2 heterocycles. The SMILES string of the molecule is C=CC(=O)Nc1cccc(Oc2ncnc3[nH]c(-c4ccc(NCCS(=O)[O-])cc4)cc23)c1. The largest absolute Gasteiger partial charge is 0.772 e. The van der Waals surface area contributed by atoms with Crippen molar-refractivity contribution in [2.45, 2.75) is 0 Å². The summed E-state index contributed by atoms with van der Waals surface area (Å²) in [5, 5.41) is 6.45. The van der Waals surface area contributed by atoms with Crippen molar-refractivity contribution in [2.24, 2.45) is 0 Å². The summed E-state index contributed by atoms with van der Waals surface area (Å²) >= 11 is -2.07. The predicted octanol–water partition coefficient (Wildman–Crippen LogP) is 3.83. The fourth-order valence-corrected chi connectivity index (χ4v) is 3.41. The average molecular weight is 463 g/mol. The van der Waals surface area contributed by atoms with Gasteiger partial charge in [0.2, 0.25) is 11.8 Å². The van der Waals surface area contributed by atoms with Crippen LogP contribution in [0.25, 0.3) is 22.3 Å². The first-order valence-electron chi connectivity index (χ1n) is 9.97. The quantitative estimate of drug-likeness (QED) is 0.254. The molecule has 1 unspecified atom stereocenters. The first kappa shape index (κ1) is 22.2. The number of carbonyl (C=O) groups is 1. The number of fused-ring (bicyclic) bond motifs is 1. The molecule has 33 heavy (non-hydrogen) atoms. The van der Waals surface area contributed by atoms with Crippen LogP contribution in [-0.2, 0) is 15.9 Å². The van der Waals surface area contributed by atoms with Crippen molar-refractivity contribution in [1.82, 2.24) is 15.0 Å². The molecule has 1 atom stereocenters. The molecule has 0 bridgehead atoms. The Bertz CT molecular complexity index is 1320. The molecule has 3 N–H and O–H groups in total. The molecule has 168 valence electrons.